The van der Waals surface area contributed by atoms with Crippen molar-refractivity contribution in [1.82, 2.24) is 9.62 Å². The van der Waals surface area contributed by atoms with Crippen LogP contribution >= 0.6 is 0 Å². The van der Waals surface area contributed by atoms with Crippen molar-refractivity contribution in [2.24, 2.45) is 0 Å². The minimum absolute atomic E-state index is 0.00536. The molecule has 0 unspecified atom stereocenters. The predicted octanol–water partition coefficient (Wildman–Crippen LogP) is 2.84. The molecule has 1 fully saturated rings. The van der Waals surface area contributed by atoms with Crippen LogP contribution in [0, 0.1) is 0 Å². The average molecular weight is 493 g/mol. The van der Waals surface area contributed by atoms with Crippen molar-refractivity contribution in [3.8, 4) is 23.0 Å². The van der Waals surface area contributed by atoms with Crippen LogP contribution in [0.25, 0.3) is 0 Å². The van der Waals surface area contributed by atoms with E-state index in [0.717, 1.165) is 0 Å². The predicted molar refractivity (Wildman–Crippen MR) is 127 cm³/mol. The van der Waals surface area contributed by atoms with E-state index in [1.165, 1.54) is 32.4 Å². The summed E-state index contributed by atoms with van der Waals surface area (Å²) in [4.78, 5) is 14.4. The normalized spacial score (nSPS) is 14.5. The van der Waals surface area contributed by atoms with Gasteiger partial charge in [0.05, 0.1) is 25.7 Å². The third-order valence-corrected chi connectivity index (χ3v) is 6.99. The Morgan fingerprint density at radius 1 is 1.00 bits per heavy atom. The molecule has 0 aliphatic carbocycles. The van der Waals surface area contributed by atoms with E-state index in [1.807, 2.05) is 31.2 Å². The highest BCUT2D eigenvalue weighted by Crippen LogP contribution is 2.30. The van der Waals surface area contributed by atoms with Gasteiger partial charge in [-0.25, -0.2) is 13.1 Å². The van der Waals surface area contributed by atoms with Gasteiger partial charge in [0, 0.05) is 45.0 Å². The molecular weight excluding hydrogens is 460 g/mol. The monoisotopic (exact) mass is 492 g/mol. The van der Waals surface area contributed by atoms with Gasteiger partial charge >= 0.3 is 0 Å². The summed E-state index contributed by atoms with van der Waals surface area (Å²) in [5.74, 6) is 2.08. The van der Waals surface area contributed by atoms with Crippen LogP contribution in [-0.4, -0.2) is 65.8 Å². The van der Waals surface area contributed by atoms with Gasteiger partial charge in [0.15, 0.2) is 23.0 Å². The number of carbonyl (C=O) groups excluding carboxylic acids is 1. The number of benzene rings is 2. The fraction of sp³-hybridized carbons (Fsp3) is 0.458. The molecule has 0 aromatic heterocycles. The fourth-order valence-corrected chi connectivity index (χ4v) is 4.79. The molecular formula is C24H32N2O7S. The van der Waals surface area contributed by atoms with Crippen molar-refractivity contribution >= 4 is 15.9 Å². The van der Waals surface area contributed by atoms with Crippen LogP contribution in [0.1, 0.15) is 26.2 Å². The van der Waals surface area contributed by atoms with Gasteiger partial charge in [-0.3, -0.25) is 4.79 Å². The van der Waals surface area contributed by atoms with Gasteiger partial charge in [0.2, 0.25) is 15.9 Å². The van der Waals surface area contributed by atoms with Crippen molar-refractivity contribution < 1.29 is 32.2 Å². The number of rotatable bonds is 11. The van der Waals surface area contributed by atoms with E-state index in [2.05, 4.69) is 4.72 Å². The maximum atomic E-state index is 12.6. The number of ether oxygens (including phenoxy) is 4. The number of nitrogens with one attached hydrogen (secondary N) is 1. The van der Waals surface area contributed by atoms with Gasteiger partial charge in [-0.05, 0) is 31.2 Å². The molecule has 0 bridgehead atoms. The molecule has 10 heteroatoms. The zero-order valence-corrected chi connectivity index (χ0v) is 20.6. The first-order chi connectivity index (χ1) is 16.4. The average Bonchev–Trinajstić information content (AvgIpc) is 2.85. The third-order valence-electron chi connectivity index (χ3n) is 5.53. The molecule has 1 aliphatic rings. The summed E-state index contributed by atoms with van der Waals surface area (Å²) in [5, 5.41) is 0. The maximum Gasteiger partial charge on any atom is 0.240 e. The van der Waals surface area contributed by atoms with Gasteiger partial charge in [-0.2, -0.15) is 0 Å². The van der Waals surface area contributed by atoms with Crippen LogP contribution in [0.5, 0.6) is 23.0 Å². The molecule has 9 nitrogen and oxygen atoms in total. The lowest BCUT2D eigenvalue weighted by molar-refractivity contribution is -0.132. The van der Waals surface area contributed by atoms with E-state index >= 15 is 0 Å². The molecule has 0 spiro atoms. The molecule has 0 saturated carbocycles. The van der Waals surface area contributed by atoms with Crippen molar-refractivity contribution in [3.05, 3.63) is 42.5 Å². The summed E-state index contributed by atoms with van der Waals surface area (Å²) < 4.78 is 49.7. The highest BCUT2D eigenvalue weighted by atomic mass is 32.2. The maximum absolute atomic E-state index is 12.6. The Hall–Kier alpha value is -2.98. The van der Waals surface area contributed by atoms with E-state index in [1.54, 1.807) is 4.90 Å². The number of methoxy groups -OCH3 is 2. The molecule has 1 heterocycles. The van der Waals surface area contributed by atoms with Crippen molar-refractivity contribution in [2.45, 2.75) is 37.2 Å². The van der Waals surface area contributed by atoms with Gasteiger partial charge in [0.25, 0.3) is 0 Å². The molecule has 34 heavy (non-hydrogen) atoms. The summed E-state index contributed by atoms with van der Waals surface area (Å²) in [7, 11) is -0.871. The lowest BCUT2D eigenvalue weighted by Crippen LogP contribution is -2.42. The van der Waals surface area contributed by atoms with Gasteiger partial charge in [0.1, 0.15) is 6.10 Å². The largest absolute Gasteiger partial charge is 0.493 e. The molecule has 2 aromatic rings. The SMILES string of the molecule is CCOc1ccccc1OC1CCN(C(=O)CCNS(=O)(=O)c2ccc(OC)c(OC)c2)CC1. The summed E-state index contributed by atoms with van der Waals surface area (Å²) in [6.45, 7) is 3.61. The van der Waals surface area contributed by atoms with Gasteiger partial charge in [-0.15, -0.1) is 0 Å². The Morgan fingerprint density at radius 3 is 2.32 bits per heavy atom. The third kappa shape index (κ3) is 6.54. The second kappa shape index (κ2) is 11.9. The van der Waals surface area contributed by atoms with Gasteiger partial charge < -0.3 is 23.8 Å². The number of amides is 1. The minimum atomic E-state index is -3.78. The van der Waals surface area contributed by atoms with Crippen LogP contribution in [0.2, 0.25) is 0 Å². The Bertz CT molecular complexity index is 1070. The molecule has 1 aliphatic heterocycles. The van der Waals surface area contributed by atoms with E-state index in [-0.39, 0.29) is 29.9 Å². The fourth-order valence-electron chi connectivity index (χ4n) is 3.74. The van der Waals surface area contributed by atoms with Crippen LogP contribution < -0.4 is 23.7 Å². The van der Waals surface area contributed by atoms with E-state index < -0.39 is 10.0 Å². The number of para-hydroxylation sites is 2. The first kappa shape index (κ1) is 25.6. The standard InChI is InChI=1S/C24H32N2O7S/c1-4-32-21-7-5-6-8-22(21)33-18-12-15-26(16-13-18)24(27)11-14-25-34(28,29)19-9-10-20(30-2)23(17-19)31-3/h5-10,17-18,25H,4,11-16H2,1-3H3. The first-order valence-electron chi connectivity index (χ1n) is 11.3. The summed E-state index contributed by atoms with van der Waals surface area (Å²) in [5.41, 5.74) is 0. The number of sulfonamides is 1. The van der Waals surface area contributed by atoms with E-state index in [0.29, 0.717) is 55.5 Å². The quantitative estimate of drug-likeness (QED) is 0.514. The molecule has 3 rings (SSSR count). The van der Waals surface area contributed by atoms with Crippen molar-refractivity contribution in [2.75, 3.05) is 40.5 Å². The number of likely N-dealkylation sites (tertiary alicyclic amines) is 1. The Labute approximate surface area is 201 Å². The van der Waals surface area contributed by atoms with Crippen LogP contribution in [0.15, 0.2) is 47.4 Å². The van der Waals surface area contributed by atoms with E-state index in [9.17, 15) is 13.2 Å². The number of hydrogen-bond acceptors (Lipinski definition) is 7. The Morgan fingerprint density at radius 2 is 1.68 bits per heavy atom. The lowest BCUT2D eigenvalue weighted by atomic mass is 10.1. The number of piperidine rings is 1. The molecule has 0 atom stereocenters. The smallest absolute Gasteiger partial charge is 0.240 e. The van der Waals surface area contributed by atoms with Crippen LogP contribution in [0.3, 0.4) is 0 Å². The second-order valence-corrected chi connectivity index (χ2v) is 9.51. The summed E-state index contributed by atoms with van der Waals surface area (Å²) in [6, 6.07) is 11.9. The molecule has 1 amide bonds. The zero-order chi connectivity index (χ0) is 24.6. The second-order valence-electron chi connectivity index (χ2n) is 7.74. The highest BCUT2D eigenvalue weighted by molar-refractivity contribution is 7.89. The lowest BCUT2D eigenvalue weighted by Gasteiger charge is -2.32. The van der Waals surface area contributed by atoms with Crippen molar-refractivity contribution in [1.29, 1.82) is 0 Å². The van der Waals surface area contributed by atoms with E-state index in [4.69, 9.17) is 18.9 Å². The minimum Gasteiger partial charge on any atom is -0.493 e. The number of hydrogen-bond donors (Lipinski definition) is 1. The first-order valence-corrected chi connectivity index (χ1v) is 12.7. The molecule has 1 saturated heterocycles. The summed E-state index contributed by atoms with van der Waals surface area (Å²) >= 11 is 0. The van der Waals surface area contributed by atoms with Crippen LogP contribution in [-0.2, 0) is 14.8 Å². The molecule has 186 valence electrons. The molecule has 2 aromatic carbocycles. The molecule has 1 N–H and O–H groups in total. The Kier molecular flexibility index (Phi) is 9.00. The van der Waals surface area contributed by atoms with Gasteiger partial charge in [-0.1, -0.05) is 12.1 Å². The highest BCUT2D eigenvalue weighted by Gasteiger charge is 2.25. The summed E-state index contributed by atoms with van der Waals surface area (Å²) in [6.07, 6.45) is 1.47. The number of carbonyl (C=O) groups is 1. The number of nitrogens with zero attached hydrogens (tertiary/aromatic N) is 1. The molecule has 0 radical (unpaired) electrons. The van der Waals surface area contributed by atoms with Crippen LogP contribution in [0.4, 0.5) is 0 Å². The Balaban J connectivity index is 1.47. The van der Waals surface area contributed by atoms with Crippen molar-refractivity contribution in [3.63, 3.8) is 0 Å². The zero-order valence-electron chi connectivity index (χ0n) is 19.8. The topological polar surface area (TPSA) is 103 Å².